The van der Waals surface area contributed by atoms with Crippen molar-refractivity contribution in [2.75, 3.05) is 0 Å². The van der Waals surface area contributed by atoms with Crippen molar-refractivity contribution in [1.82, 2.24) is 0 Å². The third kappa shape index (κ3) is 1.64. The molecule has 0 amide bonds. The molecular formula is C18H22O. The van der Waals surface area contributed by atoms with Gasteiger partial charge in [-0.3, -0.25) is 4.79 Å². The lowest BCUT2D eigenvalue weighted by atomic mass is 9.68. The minimum Gasteiger partial charge on any atom is -0.295 e. The highest BCUT2D eigenvalue weighted by molar-refractivity contribution is 6.06. The number of benzene rings is 1. The van der Waals surface area contributed by atoms with E-state index in [1.54, 1.807) is 0 Å². The van der Waals surface area contributed by atoms with Crippen molar-refractivity contribution in [1.29, 1.82) is 0 Å². The average molecular weight is 254 g/mol. The molecule has 0 bridgehead atoms. The Morgan fingerprint density at radius 3 is 2.53 bits per heavy atom. The van der Waals surface area contributed by atoms with Gasteiger partial charge in [0.15, 0.2) is 5.78 Å². The molecule has 1 nitrogen and oxygen atoms in total. The van der Waals surface area contributed by atoms with E-state index in [1.165, 1.54) is 27.8 Å². The lowest BCUT2D eigenvalue weighted by Crippen LogP contribution is -2.27. The van der Waals surface area contributed by atoms with Gasteiger partial charge in [0.25, 0.3) is 0 Å². The number of fused-ring (bicyclic) bond motifs is 3. The molecule has 1 heteroatoms. The van der Waals surface area contributed by atoms with Gasteiger partial charge in [-0.1, -0.05) is 19.1 Å². The molecule has 3 rings (SSSR count). The Bertz CT molecular complexity index is 606. The SMILES string of the molecule is CCC12CCC(=O)C(C)=C1c1cc(C)c(C)cc1C2. The van der Waals surface area contributed by atoms with Crippen LogP contribution in [0.25, 0.3) is 5.57 Å². The van der Waals surface area contributed by atoms with E-state index in [2.05, 4.69) is 32.9 Å². The minimum absolute atomic E-state index is 0.237. The highest BCUT2D eigenvalue weighted by atomic mass is 16.1. The second-order valence-corrected chi connectivity index (χ2v) is 6.33. The van der Waals surface area contributed by atoms with E-state index in [-0.39, 0.29) is 5.41 Å². The van der Waals surface area contributed by atoms with Crippen LogP contribution in [0.15, 0.2) is 17.7 Å². The van der Waals surface area contributed by atoms with Crippen molar-refractivity contribution in [2.45, 2.75) is 53.4 Å². The van der Waals surface area contributed by atoms with Crippen LogP contribution < -0.4 is 0 Å². The molecule has 0 saturated heterocycles. The Hall–Kier alpha value is -1.37. The smallest absolute Gasteiger partial charge is 0.158 e. The normalized spacial score (nSPS) is 25.6. The quantitative estimate of drug-likeness (QED) is 0.726. The molecule has 1 unspecified atom stereocenters. The average Bonchev–Trinajstić information content (AvgIpc) is 2.70. The van der Waals surface area contributed by atoms with Crippen molar-refractivity contribution in [3.05, 3.63) is 40.0 Å². The minimum atomic E-state index is 0.237. The molecule has 0 radical (unpaired) electrons. The summed E-state index contributed by atoms with van der Waals surface area (Å²) in [6.07, 6.45) is 4.02. The summed E-state index contributed by atoms with van der Waals surface area (Å²) >= 11 is 0. The van der Waals surface area contributed by atoms with Crippen LogP contribution in [0.3, 0.4) is 0 Å². The number of rotatable bonds is 1. The first-order valence-electron chi connectivity index (χ1n) is 7.33. The molecule has 100 valence electrons. The first kappa shape index (κ1) is 12.7. The summed E-state index contributed by atoms with van der Waals surface area (Å²) < 4.78 is 0. The number of hydrogen-bond donors (Lipinski definition) is 0. The van der Waals surface area contributed by atoms with Crippen LogP contribution in [0.4, 0.5) is 0 Å². The predicted octanol–water partition coefficient (Wildman–Crippen LogP) is 4.39. The first-order valence-corrected chi connectivity index (χ1v) is 7.33. The highest BCUT2D eigenvalue weighted by Gasteiger charge is 2.44. The topological polar surface area (TPSA) is 17.1 Å². The van der Waals surface area contributed by atoms with Crippen molar-refractivity contribution >= 4 is 11.4 Å². The van der Waals surface area contributed by atoms with E-state index in [9.17, 15) is 4.79 Å². The fraction of sp³-hybridized carbons (Fsp3) is 0.500. The maximum absolute atomic E-state index is 12.1. The maximum Gasteiger partial charge on any atom is 0.158 e. The van der Waals surface area contributed by atoms with Gasteiger partial charge in [-0.25, -0.2) is 0 Å². The van der Waals surface area contributed by atoms with Gasteiger partial charge in [0.2, 0.25) is 0 Å². The molecule has 0 saturated carbocycles. The Morgan fingerprint density at radius 1 is 1.16 bits per heavy atom. The molecule has 1 aromatic carbocycles. The van der Waals surface area contributed by atoms with Gasteiger partial charge < -0.3 is 0 Å². The van der Waals surface area contributed by atoms with Crippen LogP contribution >= 0.6 is 0 Å². The monoisotopic (exact) mass is 254 g/mol. The number of aryl methyl sites for hydroxylation is 2. The van der Waals surface area contributed by atoms with E-state index in [0.717, 1.165) is 31.3 Å². The van der Waals surface area contributed by atoms with Crippen molar-refractivity contribution in [3.63, 3.8) is 0 Å². The summed E-state index contributed by atoms with van der Waals surface area (Å²) in [6, 6.07) is 4.64. The molecule has 2 aliphatic rings. The van der Waals surface area contributed by atoms with Gasteiger partial charge in [0, 0.05) is 11.8 Å². The third-order valence-electron chi connectivity index (χ3n) is 5.35. The van der Waals surface area contributed by atoms with Gasteiger partial charge in [0.1, 0.15) is 0 Å². The van der Waals surface area contributed by atoms with Crippen LogP contribution in [0.2, 0.25) is 0 Å². The summed E-state index contributed by atoms with van der Waals surface area (Å²) in [7, 11) is 0. The summed E-state index contributed by atoms with van der Waals surface area (Å²) in [5, 5.41) is 0. The second kappa shape index (κ2) is 4.06. The van der Waals surface area contributed by atoms with Gasteiger partial charge in [0.05, 0.1) is 0 Å². The van der Waals surface area contributed by atoms with Gasteiger partial charge in [-0.05, 0) is 73.4 Å². The summed E-state index contributed by atoms with van der Waals surface area (Å²) in [4.78, 5) is 12.1. The Labute approximate surface area is 115 Å². The molecular weight excluding hydrogens is 232 g/mol. The number of Topliss-reactive ketones (excluding diaryl/α,β-unsaturated/α-hetero) is 1. The zero-order valence-corrected chi connectivity index (χ0v) is 12.4. The molecule has 1 aromatic rings. The first-order chi connectivity index (χ1) is 8.98. The van der Waals surface area contributed by atoms with Crippen LogP contribution in [0.1, 0.15) is 55.4 Å². The lowest BCUT2D eigenvalue weighted by Gasteiger charge is -2.34. The molecule has 0 spiro atoms. The van der Waals surface area contributed by atoms with Crippen molar-refractivity contribution in [2.24, 2.45) is 5.41 Å². The fourth-order valence-electron chi connectivity index (χ4n) is 3.97. The van der Waals surface area contributed by atoms with E-state index >= 15 is 0 Å². The van der Waals surface area contributed by atoms with Gasteiger partial charge in [-0.15, -0.1) is 0 Å². The summed E-state index contributed by atoms with van der Waals surface area (Å²) in [5.74, 6) is 0.352. The van der Waals surface area contributed by atoms with Crippen LogP contribution in [-0.4, -0.2) is 5.78 Å². The van der Waals surface area contributed by atoms with E-state index in [0.29, 0.717) is 5.78 Å². The standard InChI is InChI=1S/C18H22O/c1-5-18-7-6-16(19)13(4)17(18)15-9-12(3)11(2)8-14(15)10-18/h8-9H,5-7,10H2,1-4H3. The number of carbonyl (C=O) groups is 1. The Balaban J connectivity index is 2.29. The molecule has 2 aliphatic carbocycles. The van der Waals surface area contributed by atoms with Crippen molar-refractivity contribution in [3.8, 4) is 0 Å². The molecule has 0 fully saturated rings. The number of hydrogen-bond acceptors (Lipinski definition) is 1. The molecule has 1 atom stereocenters. The van der Waals surface area contributed by atoms with E-state index in [4.69, 9.17) is 0 Å². The number of allylic oxidation sites excluding steroid dienone is 2. The molecule has 19 heavy (non-hydrogen) atoms. The molecule has 0 heterocycles. The predicted molar refractivity (Wildman–Crippen MR) is 79.2 cm³/mol. The molecule has 0 aromatic heterocycles. The van der Waals surface area contributed by atoms with Crippen molar-refractivity contribution < 1.29 is 4.79 Å². The Kier molecular flexibility index (Phi) is 2.70. The van der Waals surface area contributed by atoms with Crippen LogP contribution in [0, 0.1) is 19.3 Å². The van der Waals surface area contributed by atoms with E-state index < -0.39 is 0 Å². The third-order valence-corrected chi connectivity index (χ3v) is 5.35. The zero-order valence-electron chi connectivity index (χ0n) is 12.4. The largest absolute Gasteiger partial charge is 0.295 e. The summed E-state index contributed by atoms with van der Waals surface area (Å²) in [6.45, 7) is 8.66. The van der Waals surface area contributed by atoms with Crippen LogP contribution in [0.5, 0.6) is 0 Å². The highest BCUT2D eigenvalue weighted by Crippen LogP contribution is 2.55. The van der Waals surface area contributed by atoms with Gasteiger partial charge in [-0.2, -0.15) is 0 Å². The number of ketones is 1. The lowest BCUT2D eigenvalue weighted by molar-refractivity contribution is -0.116. The Morgan fingerprint density at radius 2 is 1.84 bits per heavy atom. The number of carbonyl (C=O) groups excluding carboxylic acids is 1. The maximum atomic E-state index is 12.1. The molecule has 0 N–H and O–H groups in total. The summed E-state index contributed by atoms with van der Waals surface area (Å²) in [5.41, 5.74) is 8.14. The fourth-order valence-corrected chi connectivity index (χ4v) is 3.97. The van der Waals surface area contributed by atoms with Crippen LogP contribution in [-0.2, 0) is 11.2 Å². The second-order valence-electron chi connectivity index (χ2n) is 6.33. The zero-order chi connectivity index (χ0) is 13.8. The van der Waals surface area contributed by atoms with Gasteiger partial charge >= 0.3 is 0 Å². The van der Waals surface area contributed by atoms with E-state index in [1.807, 2.05) is 6.92 Å². The molecule has 0 aliphatic heterocycles.